The third-order valence-electron chi connectivity index (χ3n) is 5.23. The van der Waals surface area contributed by atoms with Gasteiger partial charge in [-0.1, -0.05) is 12.1 Å². The van der Waals surface area contributed by atoms with E-state index in [0.717, 1.165) is 46.2 Å². The van der Waals surface area contributed by atoms with Crippen molar-refractivity contribution in [3.63, 3.8) is 0 Å². The van der Waals surface area contributed by atoms with Crippen molar-refractivity contribution < 1.29 is 4.74 Å². The van der Waals surface area contributed by atoms with Gasteiger partial charge in [-0.25, -0.2) is 4.98 Å². The van der Waals surface area contributed by atoms with Gasteiger partial charge in [0.05, 0.1) is 17.7 Å². The fraction of sp³-hybridized carbons (Fsp3) is 0.250. The Balaban J connectivity index is 1.75. The van der Waals surface area contributed by atoms with Gasteiger partial charge in [0, 0.05) is 29.7 Å². The summed E-state index contributed by atoms with van der Waals surface area (Å²) in [5.41, 5.74) is 3.80. The minimum absolute atomic E-state index is 0.0549. The maximum atomic E-state index is 13.4. The number of rotatable bonds is 7. The number of anilines is 1. The molecule has 4 aromatic rings. The third kappa shape index (κ3) is 3.71. The van der Waals surface area contributed by atoms with E-state index in [2.05, 4.69) is 35.9 Å². The van der Waals surface area contributed by atoms with E-state index < -0.39 is 0 Å². The first kappa shape index (κ1) is 20.2. The van der Waals surface area contributed by atoms with Gasteiger partial charge in [0.1, 0.15) is 16.9 Å². The Morgan fingerprint density at radius 1 is 1.00 bits per heavy atom. The average molecular weight is 420 g/mol. The number of hydrogen-bond acceptors (Lipinski definition) is 5. The molecule has 0 aliphatic carbocycles. The van der Waals surface area contributed by atoms with E-state index in [1.54, 1.807) is 10.9 Å². The first-order valence-electron chi connectivity index (χ1n) is 10.2. The van der Waals surface area contributed by atoms with E-state index in [-0.39, 0.29) is 5.56 Å². The molecule has 4 rings (SSSR count). The van der Waals surface area contributed by atoms with Crippen molar-refractivity contribution in [1.29, 1.82) is 0 Å². The van der Waals surface area contributed by atoms with Crippen LogP contribution in [-0.4, -0.2) is 29.2 Å². The highest BCUT2D eigenvalue weighted by Gasteiger charge is 2.14. The van der Waals surface area contributed by atoms with Crippen molar-refractivity contribution in [1.82, 2.24) is 9.55 Å². The Morgan fingerprint density at radius 2 is 1.70 bits per heavy atom. The van der Waals surface area contributed by atoms with Crippen LogP contribution in [0.4, 0.5) is 5.69 Å². The van der Waals surface area contributed by atoms with Crippen LogP contribution in [0.3, 0.4) is 0 Å². The monoisotopic (exact) mass is 419 g/mol. The summed E-state index contributed by atoms with van der Waals surface area (Å²) in [6.45, 7) is 8.76. The summed E-state index contributed by atoms with van der Waals surface area (Å²) < 4.78 is 7.15. The van der Waals surface area contributed by atoms with Crippen LogP contribution in [0.25, 0.3) is 27.0 Å². The van der Waals surface area contributed by atoms with Crippen LogP contribution >= 0.6 is 11.3 Å². The van der Waals surface area contributed by atoms with Crippen LogP contribution in [0.1, 0.15) is 20.8 Å². The van der Waals surface area contributed by atoms with Crippen molar-refractivity contribution in [2.24, 2.45) is 0 Å². The molecule has 0 saturated heterocycles. The highest BCUT2D eigenvalue weighted by Crippen LogP contribution is 2.32. The Kier molecular flexibility index (Phi) is 5.86. The molecule has 2 heterocycles. The fourth-order valence-corrected chi connectivity index (χ4v) is 4.55. The molecule has 0 amide bonds. The third-order valence-corrected chi connectivity index (χ3v) is 6.11. The zero-order chi connectivity index (χ0) is 21.1. The van der Waals surface area contributed by atoms with Gasteiger partial charge in [-0.2, -0.15) is 0 Å². The molecule has 6 heteroatoms. The summed E-state index contributed by atoms with van der Waals surface area (Å²) in [7, 11) is 0. The molecule has 5 nitrogen and oxygen atoms in total. The highest BCUT2D eigenvalue weighted by molar-refractivity contribution is 7.17. The Bertz CT molecular complexity index is 1190. The summed E-state index contributed by atoms with van der Waals surface area (Å²) in [4.78, 5) is 21.0. The topological polar surface area (TPSA) is 47.4 Å². The van der Waals surface area contributed by atoms with Crippen molar-refractivity contribution in [2.75, 3.05) is 24.6 Å². The molecule has 0 fully saturated rings. The van der Waals surface area contributed by atoms with Crippen molar-refractivity contribution in [3.8, 4) is 22.6 Å². The quantitative estimate of drug-likeness (QED) is 0.405. The molecule has 0 bridgehead atoms. The highest BCUT2D eigenvalue weighted by atomic mass is 32.1. The minimum atomic E-state index is -0.0549. The van der Waals surface area contributed by atoms with Gasteiger partial charge in [0.25, 0.3) is 5.56 Å². The van der Waals surface area contributed by atoms with Gasteiger partial charge in [0.15, 0.2) is 0 Å². The Hall–Kier alpha value is -3.12. The van der Waals surface area contributed by atoms with Crippen LogP contribution in [0, 0.1) is 0 Å². The molecule has 2 aromatic heterocycles. The largest absolute Gasteiger partial charge is 0.494 e. The lowest BCUT2D eigenvalue weighted by Gasteiger charge is -2.21. The van der Waals surface area contributed by atoms with Crippen LogP contribution in [0.2, 0.25) is 0 Å². The maximum Gasteiger partial charge on any atom is 0.267 e. The number of fused-ring (bicyclic) bond motifs is 1. The molecule has 0 aliphatic rings. The van der Waals surface area contributed by atoms with Gasteiger partial charge >= 0.3 is 0 Å². The second kappa shape index (κ2) is 8.71. The molecule has 0 radical (unpaired) electrons. The lowest BCUT2D eigenvalue weighted by molar-refractivity contribution is 0.340. The zero-order valence-electron chi connectivity index (χ0n) is 17.5. The van der Waals surface area contributed by atoms with E-state index >= 15 is 0 Å². The van der Waals surface area contributed by atoms with Gasteiger partial charge in [-0.15, -0.1) is 11.3 Å². The molecule has 154 valence electrons. The summed E-state index contributed by atoms with van der Waals surface area (Å²) in [5.74, 6) is 0.824. The van der Waals surface area contributed by atoms with Crippen LogP contribution in [-0.2, 0) is 0 Å². The minimum Gasteiger partial charge on any atom is -0.494 e. The van der Waals surface area contributed by atoms with Crippen molar-refractivity contribution >= 4 is 27.2 Å². The SMILES string of the molecule is CCOc1ccc(-c2csc3ncn(-c4ccc(N(CC)CC)cc4)c(=O)c23)cc1. The standard InChI is InChI=1S/C24H25N3O2S/c1-4-26(5-2)18-9-11-19(12-10-18)27-16-25-23-22(24(27)28)21(15-30-23)17-7-13-20(14-8-17)29-6-3/h7-16H,4-6H2,1-3H3. The molecule has 0 saturated carbocycles. The van der Waals surface area contributed by atoms with E-state index in [1.807, 2.05) is 48.7 Å². The first-order valence-corrected chi connectivity index (χ1v) is 11.1. The molecule has 0 spiro atoms. The van der Waals surface area contributed by atoms with E-state index in [1.165, 1.54) is 11.3 Å². The molecule has 0 N–H and O–H groups in total. The van der Waals surface area contributed by atoms with E-state index in [4.69, 9.17) is 4.74 Å². The number of benzene rings is 2. The second-order valence-corrected chi connectivity index (χ2v) is 7.75. The van der Waals surface area contributed by atoms with E-state index in [0.29, 0.717) is 12.0 Å². The molecular weight excluding hydrogens is 394 g/mol. The molecule has 0 unspecified atom stereocenters. The molecule has 0 atom stereocenters. The number of ether oxygens (including phenoxy) is 1. The van der Waals surface area contributed by atoms with Gasteiger partial charge in [-0.3, -0.25) is 9.36 Å². The van der Waals surface area contributed by atoms with Crippen molar-refractivity contribution in [2.45, 2.75) is 20.8 Å². The molecule has 2 aromatic carbocycles. The number of hydrogen-bond donors (Lipinski definition) is 0. The molecule has 0 aliphatic heterocycles. The lowest BCUT2D eigenvalue weighted by Crippen LogP contribution is -2.22. The predicted octanol–water partition coefficient (Wildman–Crippen LogP) is 5.36. The summed E-state index contributed by atoms with van der Waals surface area (Å²) in [5, 5.41) is 2.65. The van der Waals surface area contributed by atoms with Crippen molar-refractivity contribution in [3.05, 3.63) is 70.6 Å². The lowest BCUT2D eigenvalue weighted by atomic mass is 10.1. The Morgan fingerprint density at radius 3 is 2.33 bits per heavy atom. The van der Waals surface area contributed by atoms with Gasteiger partial charge < -0.3 is 9.64 Å². The molecule has 30 heavy (non-hydrogen) atoms. The van der Waals surface area contributed by atoms with Gasteiger partial charge in [0.2, 0.25) is 0 Å². The van der Waals surface area contributed by atoms with Crippen LogP contribution in [0.15, 0.2) is 65.0 Å². The number of thiophene rings is 1. The number of nitrogens with zero attached hydrogens (tertiary/aromatic N) is 3. The number of aromatic nitrogens is 2. The summed E-state index contributed by atoms with van der Waals surface area (Å²) in [6.07, 6.45) is 1.62. The maximum absolute atomic E-state index is 13.4. The first-order chi connectivity index (χ1) is 14.7. The smallest absolute Gasteiger partial charge is 0.267 e. The van der Waals surface area contributed by atoms with Gasteiger partial charge in [-0.05, 0) is 62.7 Å². The van der Waals surface area contributed by atoms with Crippen LogP contribution in [0.5, 0.6) is 5.75 Å². The normalized spacial score (nSPS) is 11.0. The fourth-order valence-electron chi connectivity index (χ4n) is 3.64. The zero-order valence-corrected chi connectivity index (χ0v) is 18.3. The summed E-state index contributed by atoms with van der Waals surface area (Å²) >= 11 is 1.49. The van der Waals surface area contributed by atoms with Crippen LogP contribution < -0.4 is 15.2 Å². The average Bonchev–Trinajstić information content (AvgIpc) is 3.21. The summed E-state index contributed by atoms with van der Waals surface area (Å²) in [6, 6.07) is 15.9. The van der Waals surface area contributed by atoms with E-state index in [9.17, 15) is 4.79 Å². The predicted molar refractivity (Wildman–Crippen MR) is 125 cm³/mol. The second-order valence-electron chi connectivity index (χ2n) is 6.90. The Labute approximate surface area is 180 Å². The molecular formula is C24H25N3O2S.